The molecule has 0 saturated carbocycles. The highest BCUT2D eigenvalue weighted by Gasteiger charge is 2.27. The van der Waals surface area contributed by atoms with Crippen molar-refractivity contribution in [1.29, 1.82) is 0 Å². The minimum atomic E-state index is -0.373. The van der Waals surface area contributed by atoms with Crippen LogP contribution in [0.3, 0.4) is 0 Å². The first-order valence-corrected chi connectivity index (χ1v) is 8.31. The minimum Gasteiger partial charge on any atom is -0.338 e. The highest BCUT2D eigenvalue weighted by Crippen LogP contribution is 2.25. The molecule has 25 heavy (non-hydrogen) atoms. The minimum absolute atomic E-state index is 0.0433. The van der Waals surface area contributed by atoms with Gasteiger partial charge >= 0.3 is 5.69 Å². The fourth-order valence-corrected chi connectivity index (χ4v) is 3.52. The second-order valence-corrected chi connectivity index (χ2v) is 6.25. The number of rotatable bonds is 2. The Morgan fingerprint density at radius 2 is 1.80 bits per heavy atom. The first-order chi connectivity index (χ1) is 12.1. The summed E-state index contributed by atoms with van der Waals surface area (Å²) in [6.45, 7) is 1.04. The van der Waals surface area contributed by atoms with Crippen LogP contribution in [0.1, 0.15) is 29.2 Å². The first kappa shape index (κ1) is 15.4. The van der Waals surface area contributed by atoms with Crippen LogP contribution in [0.4, 0.5) is 0 Å². The third kappa shape index (κ3) is 2.67. The number of piperidine rings is 1. The van der Waals surface area contributed by atoms with E-state index in [4.69, 9.17) is 0 Å². The average molecular weight is 338 g/mol. The van der Waals surface area contributed by atoms with Crippen LogP contribution in [0.15, 0.2) is 52.2 Å². The molecule has 2 N–H and O–H groups in total. The molecule has 1 saturated heterocycles. The van der Waals surface area contributed by atoms with Crippen LogP contribution in [-0.2, 0) is 0 Å². The van der Waals surface area contributed by atoms with Crippen molar-refractivity contribution in [3.05, 3.63) is 69.0 Å². The van der Waals surface area contributed by atoms with E-state index in [9.17, 15) is 14.4 Å². The number of benzene rings is 1. The number of nitrogens with zero attached hydrogens (tertiary/aromatic N) is 2. The molecule has 7 heteroatoms. The van der Waals surface area contributed by atoms with Crippen molar-refractivity contribution >= 4 is 16.9 Å². The maximum atomic E-state index is 12.5. The molecule has 0 bridgehead atoms. The summed E-state index contributed by atoms with van der Waals surface area (Å²) in [5.74, 6) is -0.258. The first-order valence-electron chi connectivity index (χ1n) is 8.31. The standard InChI is InChI=1S/C18H18N4O3/c23-16-13(4-3-9-19-16)17(24)21-10-7-12(8-11-21)22-15-6-2-1-5-14(15)20-18(22)25/h1-6,9,12H,7-8,10-11H2,(H,19,23)(H,20,25). The Bertz CT molecular complexity index is 1040. The average Bonchev–Trinajstić information content (AvgIpc) is 2.97. The number of likely N-dealkylation sites (tertiary alicyclic amines) is 1. The van der Waals surface area contributed by atoms with Crippen LogP contribution >= 0.6 is 0 Å². The zero-order valence-electron chi connectivity index (χ0n) is 13.6. The molecule has 1 aliphatic heterocycles. The number of amides is 1. The van der Waals surface area contributed by atoms with E-state index >= 15 is 0 Å². The van der Waals surface area contributed by atoms with Crippen LogP contribution in [0.2, 0.25) is 0 Å². The lowest BCUT2D eigenvalue weighted by molar-refractivity contribution is 0.0693. The molecular formula is C18H18N4O3. The molecular weight excluding hydrogens is 320 g/mol. The molecule has 7 nitrogen and oxygen atoms in total. The summed E-state index contributed by atoms with van der Waals surface area (Å²) in [6.07, 6.45) is 2.87. The summed E-state index contributed by atoms with van der Waals surface area (Å²) in [4.78, 5) is 43.7. The number of hydrogen-bond acceptors (Lipinski definition) is 3. The van der Waals surface area contributed by atoms with Gasteiger partial charge in [-0.15, -0.1) is 0 Å². The topological polar surface area (TPSA) is 91.0 Å². The van der Waals surface area contributed by atoms with Crippen molar-refractivity contribution in [3.8, 4) is 0 Å². The molecule has 0 unspecified atom stereocenters. The maximum Gasteiger partial charge on any atom is 0.326 e. The Kier molecular flexibility index (Phi) is 3.76. The van der Waals surface area contributed by atoms with E-state index in [0.29, 0.717) is 25.9 Å². The predicted octanol–water partition coefficient (Wildman–Crippen LogP) is 1.50. The van der Waals surface area contributed by atoms with Crippen LogP contribution in [0.25, 0.3) is 11.0 Å². The molecule has 4 rings (SSSR count). The largest absolute Gasteiger partial charge is 0.338 e. The van der Waals surface area contributed by atoms with Gasteiger partial charge in [0.05, 0.1) is 11.0 Å². The Morgan fingerprint density at radius 3 is 2.56 bits per heavy atom. The summed E-state index contributed by atoms with van der Waals surface area (Å²) in [5, 5.41) is 0. The molecule has 3 heterocycles. The molecule has 1 aromatic carbocycles. The van der Waals surface area contributed by atoms with Crippen molar-refractivity contribution in [1.82, 2.24) is 19.4 Å². The van der Waals surface area contributed by atoms with E-state index in [1.165, 1.54) is 12.3 Å². The smallest absolute Gasteiger partial charge is 0.326 e. The normalized spacial score (nSPS) is 15.6. The molecule has 1 amide bonds. The van der Waals surface area contributed by atoms with Gasteiger partial charge in [-0.1, -0.05) is 12.1 Å². The Hall–Kier alpha value is -3.09. The van der Waals surface area contributed by atoms with Gasteiger partial charge in [0, 0.05) is 25.3 Å². The summed E-state index contributed by atoms with van der Waals surface area (Å²) in [7, 11) is 0. The van der Waals surface area contributed by atoms with Crippen molar-refractivity contribution in [2.45, 2.75) is 18.9 Å². The van der Waals surface area contributed by atoms with Crippen molar-refractivity contribution < 1.29 is 4.79 Å². The number of H-pyrrole nitrogens is 2. The number of fused-ring (bicyclic) bond motifs is 1. The Balaban J connectivity index is 1.54. The molecule has 128 valence electrons. The van der Waals surface area contributed by atoms with Crippen molar-refractivity contribution in [3.63, 3.8) is 0 Å². The Labute approximate surface area is 142 Å². The van der Waals surface area contributed by atoms with Gasteiger partial charge in [-0.05, 0) is 37.1 Å². The summed E-state index contributed by atoms with van der Waals surface area (Å²) in [6, 6.07) is 10.8. The van der Waals surface area contributed by atoms with Gasteiger partial charge in [0.15, 0.2) is 0 Å². The van der Waals surface area contributed by atoms with Crippen molar-refractivity contribution in [2.75, 3.05) is 13.1 Å². The maximum absolute atomic E-state index is 12.5. The lowest BCUT2D eigenvalue weighted by Crippen LogP contribution is -2.42. The van der Waals surface area contributed by atoms with Crippen LogP contribution in [0, 0.1) is 0 Å². The zero-order chi connectivity index (χ0) is 17.4. The van der Waals surface area contributed by atoms with Gasteiger partial charge in [0.25, 0.3) is 11.5 Å². The monoisotopic (exact) mass is 338 g/mol. The van der Waals surface area contributed by atoms with Crippen LogP contribution in [0.5, 0.6) is 0 Å². The molecule has 0 radical (unpaired) electrons. The number of imidazole rings is 1. The number of aromatic amines is 2. The van der Waals surface area contributed by atoms with E-state index in [-0.39, 0.29) is 28.8 Å². The third-order valence-electron chi connectivity index (χ3n) is 4.79. The number of pyridine rings is 1. The van der Waals surface area contributed by atoms with E-state index in [0.717, 1.165) is 11.0 Å². The molecule has 0 spiro atoms. The predicted molar refractivity (Wildman–Crippen MR) is 93.8 cm³/mol. The molecule has 3 aromatic rings. The number of carbonyl (C=O) groups is 1. The Morgan fingerprint density at radius 1 is 1.04 bits per heavy atom. The zero-order valence-corrected chi connectivity index (χ0v) is 13.6. The lowest BCUT2D eigenvalue weighted by Gasteiger charge is -2.32. The van der Waals surface area contributed by atoms with Gasteiger partial charge in [0.1, 0.15) is 5.56 Å². The second kappa shape index (κ2) is 6.08. The van der Waals surface area contributed by atoms with Gasteiger partial charge in [-0.3, -0.25) is 14.2 Å². The van der Waals surface area contributed by atoms with E-state index in [1.807, 2.05) is 24.3 Å². The summed E-state index contributed by atoms with van der Waals surface area (Å²) in [5.41, 5.74) is 1.37. The van der Waals surface area contributed by atoms with Gasteiger partial charge in [-0.25, -0.2) is 4.79 Å². The number of para-hydroxylation sites is 2. The number of aromatic nitrogens is 3. The quantitative estimate of drug-likeness (QED) is 0.742. The molecule has 2 aromatic heterocycles. The summed E-state index contributed by atoms with van der Waals surface area (Å²) < 4.78 is 1.78. The van der Waals surface area contributed by atoms with Gasteiger partial charge in [0.2, 0.25) is 0 Å². The van der Waals surface area contributed by atoms with Crippen molar-refractivity contribution in [2.24, 2.45) is 0 Å². The highest BCUT2D eigenvalue weighted by molar-refractivity contribution is 5.93. The fourth-order valence-electron chi connectivity index (χ4n) is 3.52. The lowest BCUT2D eigenvalue weighted by atomic mass is 10.0. The summed E-state index contributed by atoms with van der Waals surface area (Å²) >= 11 is 0. The molecule has 0 atom stereocenters. The number of carbonyl (C=O) groups excluding carboxylic acids is 1. The van der Waals surface area contributed by atoms with Gasteiger partial charge < -0.3 is 14.9 Å². The third-order valence-corrected chi connectivity index (χ3v) is 4.79. The second-order valence-electron chi connectivity index (χ2n) is 6.25. The van der Waals surface area contributed by atoms with Crippen LogP contribution in [-0.4, -0.2) is 38.4 Å². The van der Waals surface area contributed by atoms with E-state index < -0.39 is 0 Å². The number of nitrogens with one attached hydrogen (secondary N) is 2. The van der Waals surface area contributed by atoms with E-state index in [1.54, 1.807) is 15.5 Å². The van der Waals surface area contributed by atoms with Crippen LogP contribution < -0.4 is 11.2 Å². The molecule has 1 aliphatic rings. The fraction of sp³-hybridized carbons (Fsp3) is 0.278. The molecule has 1 fully saturated rings. The SMILES string of the molecule is O=C(c1ccc[nH]c1=O)N1CCC(n2c(=O)[nH]c3ccccc32)CC1. The van der Waals surface area contributed by atoms with Gasteiger partial charge in [-0.2, -0.15) is 0 Å². The highest BCUT2D eigenvalue weighted by atomic mass is 16.2. The van der Waals surface area contributed by atoms with E-state index in [2.05, 4.69) is 9.97 Å². The number of hydrogen-bond donors (Lipinski definition) is 2. The molecule has 0 aliphatic carbocycles.